The minimum atomic E-state index is -0.334. The van der Waals surface area contributed by atoms with Crippen LogP contribution in [0.25, 0.3) is 21.3 Å². The second-order valence-corrected chi connectivity index (χ2v) is 7.26. The molecular weight excluding hydrogens is 389 g/mol. The molecule has 0 unspecified atom stereocenters. The lowest BCUT2D eigenvalue weighted by molar-refractivity contribution is 0.0505. The molecule has 0 saturated carbocycles. The lowest BCUT2D eigenvalue weighted by Crippen LogP contribution is -2.05. The van der Waals surface area contributed by atoms with Gasteiger partial charge in [0.2, 0.25) is 0 Å². The minimum Gasteiger partial charge on any atom is -0.462 e. The molecule has 4 rings (SSSR count). The molecule has 0 aliphatic carbocycles. The van der Waals surface area contributed by atoms with E-state index in [4.69, 9.17) is 4.74 Å². The van der Waals surface area contributed by atoms with E-state index in [1.807, 2.05) is 12.3 Å². The zero-order valence-electron chi connectivity index (χ0n) is 15.7. The van der Waals surface area contributed by atoms with Crippen LogP contribution in [0.15, 0.2) is 60.2 Å². The highest BCUT2D eigenvalue weighted by Gasteiger charge is 2.14. The van der Waals surface area contributed by atoms with Crippen molar-refractivity contribution in [3.63, 3.8) is 0 Å². The fourth-order valence-corrected chi connectivity index (χ4v) is 3.83. The molecule has 0 saturated heterocycles. The van der Waals surface area contributed by atoms with Crippen LogP contribution >= 0.6 is 11.3 Å². The highest BCUT2D eigenvalue weighted by molar-refractivity contribution is 7.17. The number of anilines is 2. The fourth-order valence-electron chi connectivity index (χ4n) is 2.92. The Bertz CT molecular complexity index is 1140. The molecule has 1 N–H and O–H groups in total. The summed E-state index contributed by atoms with van der Waals surface area (Å²) in [6.45, 7) is 2.36. The first kappa shape index (κ1) is 19.0. The molecule has 7 heteroatoms. The van der Waals surface area contributed by atoms with Gasteiger partial charge in [-0.1, -0.05) is 19.1 Å². The maximum atomic E-state index is 13.3. The van der Waals surface area contributed by atoms with Crippen LogP contribution in [0.4, 0.5) is 15.9 Å². The summed E-state index contributed by atoms with van der Waals surface area (Å²) in [5, 5.41) is 6.15. The Morgan fingerprint density at radius 3 is 2.59 bits per heavy atom. The van der Waals surface area contributed by atoms with Gasteiger partial charge in [-0.25, -0.2) is 19.2 Å². The van der Waals surface area contributed by atoms with Crippen LogP contribution in [0, 0.1) is 5.82 Å². The number of aromatic nitrogens is 2. The number of fused-ring (bicyclic) bond motifs is 1. The third kappa shape index (κ3) is 4.09. The van der Waals surface area contributed by atoms with Gasteiger partial charge in [0, 0.05) is 16.6 Å². The number of ether oxygens (including phenoxy) is 1. The van der Waals surface area contributed by atoms with Gasteiger partial charge in [-0.3, -0.25) is 0 Å². The van der Waals surface area contributed by atoms with E-state index < -0.39 is 0 Å². The molecule has 0 atom stereocenters. The molecule has 0 amide bonds. The summed E-state index contributed by atoms with van der Waals surface area (Å²) in [6, 6.07) is 13.4. The number of benzene rings is 2. The van der Waals surface area contributed by atoms with Crippen molar-refractivity contribution in [2.24, 2.45) is 0 Å². The zero-order valence-corrected chi connectivity index (χ0v) is 16.5. The van der Waals surface area contributed by atoms with Gasteiger partial charge in [-0.05, 0) is 48.4 Å². The third-order valence-corrected chi connectivity index (χ3v) is 5.23. The van der Waals surface area contributed by atoms with E-state index in [0.717, 1.165) is 33.5 Å². The first-order valence-corrected chi connectivity index (χ1v) is 10.1. The van der Waals surface area contributed by atoms with Gasteiger partial charge < -0.3 is 10.1 Å². The minimum absolute atomic E-state index is 0.277. The van der Waals surface area contributed by atoms with Crippen molar-refractivity contribution >= 4 is 39.0 Å². The Morgan fingerprint density at radius 2 is 1.86 bits per heavy atom. The van der Waals surface area contributed by atoms with E-state index in [2.05, 4.69) is 15.3 Å². The smallest absolute Gasteiger partial charge is 0.338 e. The number of esters is 1. The number of rotatable bonds is 6. The molecule has 4 aromatic rings. The molecule has 5 nitrogen and oxygen atoms in total. The van der Waals surface area contributed by atoms with Crippen LogP contribution in [0.5, 0.6) is 0 Å². The topological polar surface area (TPSA) is 64.1 Å². The second-order valence-electron chi connectivity index (χ2n) is 6.40. The van der Waals surface area contributed by atoms with E-state index in [0.29, 0.717) is 18.0 Å². The molecule has 2 aromatic heterocycles. The lowest BCUT2D eigenvalue weighted by Gasteiger charge is -2.09. The van der Waals surface area contributed by atoms with Crippen LogP contribution in [0.3, 0.4) is 0 Å². The first-order valence-electron chi connectivity index (χ1n) is 9.18. The predicted molar refractivity (Wildman–Crippen MR) is 113 cm³/mol. The van der Waals surface area contributed by atoms with Crippen molar-refractivity contribution < 1.29 is 13.9 Å². The Labute approximate surface area is 171 Å². The van der Waals surface area contributed by atoms with Crippen LogP contribution < -0.4 is 5.32 Å². The monoisotopic (exact) mass is 407 g/mol. The number of nitrogens with one attached hydrogen (secondary N) is 1. The number of hydrogen-bond donors (Lipinski definition) is 1. The molecule has 2 heterocycles. The van der Waals surface area contributed by atoms with Crippen LogP contribution in [0.1, 0.15) is 23.7 Å². The van der Waals surface area contributed by atoms with E-state index in [1.54, 1.807) is 36.4 Å². The normalized spacial score (nSPS) is 10.8. The van der Waals surface area contributed by atoms with Gasteiger partial charge in [0.05, 0.1) is 17.6 Å². The van der Waals surface area contributed by atoms with Gasteiger partial charge in [0.1, 0.15) is 22.8 Å². The summed E-state index contributed by atoms with van der Waals surface area (Å²) in [6.07, 6.45) is 2.29. The van der Waals surface area contributed by atoms with E-state index in [1.165, 1.54) is 29.8 Å². The van der Waals surface area contributed by atoms with Crippen molar-refractivity contribution in [3.8, 4) is 11.1 Å². The Kier molecular flexibility index (Phi) is 5.48. The van der Waals surface area contributed by atoms with Gasteiger partial charge >= 0.3 is 5.97 Å². The Morgan fingerprint density at radius 1 is 1.10 bits per heavy atom. The summed E-state index contributed by atoms with van der Waals surface area (Å²) in [5.74, 6) is 0.0385. The van der Waals surface area contributed by atoms with Crippen molar-refractivity contribution in [1.29, 1.82) is 0 Å². The van der Waals surface area contributed by atoms with Gasteiger partial charge in [0.15, 0.2) is 0 Å². The molecule has 146 valence electrons. The summed E-state index contributed by atoms with van der Waals surface area (Å²) >= 11 is 1.51. The lowest BCUT2D eigenvalue weighted by atomic mass is 10.1. The molecule has 0 fully saturated rings. The first-order chi connectivity index (χ1) is 14.2. The van der Waals surface area contributed by atoms with E-state index in [-0.39, 0.29) is 11.8 Å². The van der Waals surface area contributed by atoms with Gasteiger partial charge in [-0.2, -0.15) is 0 Å². The standard InChI is InChI=1S/C22H18FN3O2S/c1-2-11-28-22(27)15-5-9-17(10-6-15)26-20-19-18(12-29-21(19)25-13-24-20)14-3-7-16(23)8-4-14/h3-10,12-13H,2,11H2,1H3,(H,24,25,26). The summed E-state index contributed by atoms with van der Waals surface area (Å²) in [4.78, 5) is 21.5. The Hall–Kier alpha value is -3.32. The fraction of sp³-hybridized carbons (Fsp3) is 0.136. The summed E-state index contributed by atoms with van der Waals surface area (Å²) in [5.41, 5.74) is 3.12. The molecule has 0 aliphatic rings. The highest BCUT2D eigenvalue weighted by atomic mass is 32.1. The van der Waals surface area contributed by atoms with Gasteiger partial charge in [-0.15, -0.1) is 11.3 Å². The number of thiophene rings is 1. The number of hydrogen-bond acceptors (Lipinski definition) is 6. The SMILES string of the molecule is CCCOC(=O)c1ccc(Nc2ncnc3scc(-c4ccc(F)cc4)c23)cc1. The average Bonchev–Trinajstić information content (AvgIpc) is 3.18. The molecule has 0 aliphatic heterocycles. The molecule has 0 bridgehead atoms. The highest BCUT2D eigenvalue weighted by Crippen LogP contribution is 2.37. The molecule has 29 heavy (non-hydrogen) atoms. The van der Waals surface area contributed by atoms with Gasteiger partial charge in [0.25, 0.3) is 0 Å². The van der Waals surface area contributed by atoms with Crippen LogP contribution in [-0.4, -0.2) is 22.5 Å². The summed E-state index contributed by atoms with van der Waals surface area (Å²) in [7, 11) is 0. The average molecular weight is 407 g/mol. The molecule has 0 spiro atoms. The number of halogens is 1. The van der Waals surface area contributed by atoms with E-state index >= 15 is 0 Å². The summed E-state index contributed by atoms with van der Waals surface area (Å²) < 4.78 is 18.5. The number of nitrogens with zero attached hydrogens (tertiary/aromatic N) is 2. The molecular formula is C22H18FN3O2S. The van der Waals surface area contributed by atoms with Crippen LogP contribution in [0.2, 0.25) is 0 Å². The molecule has 0 radical (unpaired) electrons. The van der Waals surface area contributed by atoms with Crippen LogP contribution in [-0.2, 0) is 4.74 Å². The van der Waals surface area contributed by atoms with Crippen molar-refractivity contribution in [2.75, 3.05) is 11.9 Å². The Balaban J connectivity index is 1.64. The molecule has 2 aromatic carbocycles. The van der Waals surface area contributed by atoms with Crippen molar-refractivity contribution in [3.05, 3.63) is 71.6 Å². The zero-order chi connectivity index (χ0) is 20.2. The quantitative estimate of drug-likeness (QED) is 0.409. The number of carbonyl (C=O) groups is 1. The third-order valence-electron chi connectivity index (χ3n) is 4.35. The maximum Gasteiger partial charge on any atom is 0.338 e. The van der Waals surface area contributed by atoms with Crippen molar-refractivity contribution in [1.82, 2.24) is 9.97 Å². The second kappa shape index (κ2) is 8.36. The number of carbonyl (C=O) groups excluding carboxylic acids is 1. The maximum absolute atomic E-state index is 13.3. The van der Waals surface area contributed by atoms with Crippen molar-refractivity contribution in [2.45, 2.75) is 13.3 Å². The largest absolute Gasteiger partial charge is 0.462 e. The van der Waals surface area contributed by atoms with E-state index in [9.17, 15) is 9.18 Å². The predicted octanol–water partition coefficient (Wildman–Crippen LogP) is 5.81.